The monoisotopic (exact) mass is 464 g/mol. The number of morpholine rings is 1. The molecule has 0 unspecified atom stereocenters. The Morgan fingerprint density at radius 1 is 1.06 bits per heavy atom. The summed E-state index contributed by atoms with van der Waals surface area (Å²) in [6, 6.07) is 14.7. The Kier molecular flexibility index (Phi) is 7.92. The summed E-state index contributed by atoms with van der Waals surface area (Å²) in [4.78, 5) is 42.3. The van der Waals surface area contributed by atoms with E-state index in [4.69, 9.17) is 4.74 Å². The molecule has 2 N–H and O–H groups in total. The van der Waals surface area contributed by atoms with Crippen LogP contribution in [0.3, 0.4) is 0 Å². The maximum Gasteiger partial charge on any atom is 0.253 e. The van der Waals surface area contributed by atoms with Gasteiger partial charge in [-0.05, 0) is 44.2 Å². The Balaban J connectivity index is 1.31. The van der Waals surface area contributed by atoms with E-state index in [2.05, 4.69) is 15.5 Å². The molecule has 2 heterocycles. The van der Waals surface area contributed by atoms with E-state index < -0.39 is 5.92 Å². The minimum Gasteiger partial charge on any atom is -0.379 e. The molecule has 2 aromatic rings. The van der Waals surface area contributed by atoms with Gasteiger partial charge in [0.2, 0.25) is 11.8 Å². The Hall–Kier alpha value is -3.23. The highest BCUT2D eigenvalue weighted by atomic mass is 16.5. The van der Waals surface area contributed by atoms with Gasteiger partial charge in [0.15, 0.2) is 0 Å². The van der Waals surface area contributed by atoms with Crippen LogP contribution in [-0.4, -0.2) is 68.6 Å². The number of carbonyl (C=O) groups excluding carboxylic acids is 3. The molecule has 2 aliphatic heterocycles. The predicted octanol–water partition coefficient (Wildman–Crippen LogP) is 2.44. The number of amides is 3. The van der Waals surface area contributed by atoms with Crippen molar-refractivity contribution in [3.05, 3.63) is 59.7 Å². The quantitative estimate of drug-likeness (QED) is 0.586. The summed E-state index contributed by atoms with van der Waals surface area (Å²) >= 11 is 0. The van der Waals surface area contributed by atoms with Crippen LogP contribution in [0.4, 0.5) is 11.4 Å². The summed E-state index contributed by atoms with van der Waals surface area (Å²) in [5.41, 5.74) is 2.78. The highest BCUT2D eigenvalue weighted by Gasteiger charge is 2.35. The molecule has 0 radical (unpaired) electrons. The number of aryl methyl sites for hydroxylation is 1. The van der Waals surface area contributed by atoms with Crippen molar-refractivity contribution in [3.63, 3.8) is 0 Å². The lowest BCUT2D eigenvalue weighted by Gasteiger charge is -2.26. The summed E-state index contributed by atoms with van der Waals surface area (Å²) < 4.78 is 5.35. The van der Waals surface area contributed by atoms with Crippen LogP contribution in [0, 0.1) is 12.8 Å². The van der Waals surface area contributed by atoms with Gasteiger partial charge in [0.25, 0.3) is 5.91 Å². The van der Waals surface area contributed by atoms with Gasteiger partial charge in [0, 0.05) is 38.3 Å². The Morgan fingerprint density at radius 2 is 1.79 bits per heavy atom. The molecule has 0 saturated carbocycles. The normalized spacial score (nSPS) is 18.7. The average molecular weight is 465 g/mol. The number of benzene rings is 2. The third-order valence-corrected chi connectivity index (χ3v) is 6.31. The van der Waals surface area contributed by atoms with E-state index in [0.717, 1.165) is 50.5 Å². The van der Waals surface area contributed by atoms with Gasteiger partial charge >= 0.3 is 0 Å². The third-order valence-electron chi connectivity index (χ3n) is 6.31. The van der Waals surface area contributed by atoms with Crippen molar-refractivity contribution >= 4 is 29.1 Å². The molecule has 8 nitrogen and oxygen atoms in total. The van der Waals surface area contributed by atoms with Gasteiger partial charge in [0.1, 0.15) is 0 Å². The Morgan fingerprint density at radius 3 is 2.56 bits per heavy atom. The lowest BCUT2D eigenvalue weighted by atomic mass is 10.1. The molecule has 2 aromatic carbocycles. The van der Waals surface area contributed by atoms with Gasteiger partial charge in [-0.15, -0.1) is 0 Å². The number of nitrogens with one attached hydrogen (secondary N) is 2. The van der Waals surface area contributed by atoms with Crippen LogP contribution >= 0.6 is 0 Å². The molecule has 0 aliphatic carbocycles. The first-order chi connectivity index (χ1) is 16.5. The van der Waals surface area contributed by atoms with Crippen molar-refractivity contribution in [1.82, 2.24) is 10.2 Å². The van der Waals surface area contributed by atoms with E-state index >= 15 is 0 Å². The van der Waals surface area contributed by atoms with Crippen LogP contribution in [0.25, 0.3) is 0 Å². The van der Waals surface area contributed by atoms with Crippen molar-refractivity contribution < 1.29 is 19.1 Å². The van der Waals surface area contributed by atoms with Crippen LogP contribution in [0.2, 0.25) is 0 Å². The van der Waals surface area contributed by atoms with E-state index in [1.54, 1.807) is 29.2 Å². The molecule has 34 heavy (non-hydrogen) atoms. The molecule has 2 saturated heterocycles. The van der Waals surface area contributed by atoms with E-state index in [1.807, 2.05) is 31.2 Å². The van der Waals surface area contributed by atoms with Crippen molar-refractivity contribution in [2.45, 2.75) is 19.8 Å². The minimum absolute atomic E-state index is 0.0738. The SMILES string of the molecule is Cc1ccc(N2C[C@H](C(=O)Nc3ccccc3C(=O)NCCCN3CCOCC3)CC2=O)cc1. The smallest absolute Gasteiger partial charge is 0.253 e. The third kappa shape index (κ3) is 6.01. The van der Waals surface area contributed by atoms with E-state index in [0.29, 0.717) is 24.3 Å². The molecular formula is C26H32N4O4. The van der Waals surface area contributed by atoms with Gasteiger partial charge in [-0.25, -0.2) is 0 Å². The van der Waals surface area contributed by atoms with Crippen LogP contribution in [0.15, 0.2) is 48.5 Å². The van der Waals surface area contributed by atoms with Crippen LogP contribution < -0.4 is 15.5 Å². The van der Waals surface area contributed by atoms with Gasteiger partial charge in [-0.3, -0.25) is 19.3 Å². The first-order valence-corrected chi connectivity index (χ1v) is 11.9. The molecule has 3 amide bonds. The topological polar surface area (TPSA) is 91.0 Å². The molecule has 2 fully saturated rings. The number of nitrogens with zero attached hydrogens (tertiary/aromatic N) is 2. The molecule has 180 valence electrons. The molecule has 2 aliphatic rings. The average Bonchev–Trinajstić information content (AvgIpc) is 3.25. The Labute approximate surface area is 200 Å². The van der Waals surface area contributed by atoms with E-state index in [9.17, 15) is 14.4 Å². The summed E-state index contributed by atoms with van der Waals surface area (Å²) in [6.45, 7) is 7.15. The molecule has 0 aromatic heterocycles. The first kappa shape index (κ1) is 23.9. The second-order valence-corrected chi connectivity index (χ2v) is 8.84. The van der Waals surface area contributed by atoms with E-state index in [-0.39, 0.29) is 24.1 Å². The van der Waals surface area contributed by atoms with Gasteiger partial charge in [0.05, 0.1) is 30.4 Å². The molecule has 1 atom stereocenters. The van der Waals surface area contributed by atoms with Crippen LogP contribution in [0.5, 0.6) is 0 Å². The number of hydrogen-bond acceptors (Lipinski definition) is 5. The largest absolute Gasteiger partial charge is 0.379 e. The number of anilines is 2. The van der Waals surface area contributed by atoms with Gasteiger partial charge in [-0.2, -0.15) is 0 Å². The predicted molar refractivity (Wildman–Crippen MR) is 131 cm³/mol. The second kappa shape index (κ2) is 11.3. The summed E-state index contributed by atoms with van der Waals surface area (Å²) in [7, 11) is 0. The lowest BCUT2D eigenvalue weighted by Crippen LogP contribution is -2.38. The minimum atomic E-state index is -0.474. The highest BCUT2D eigenvalue weighted by molar-refractivity contribution is 6.07. The molecule has 8 heteroatoms. The molecular weight excluding hydrogens is 432 g/mol. The van der Waals surface area contributed by atoms with Crippen molar-refractivity contribution in [2.24, 2.45) is 5.92 Å². The fourth-order valence-electron chi connectivity index (χ4n) is 4.31. The maximum absolute atomic E-state index is 13.0. The summed E-state index contributed by atoms with van der Waals surface area (Å²) in [5.74, 6) is -1.02. The van der Waals surface area contributed by atoms with Crippen molar-refractivity contribution in [1.29, 1.82) is 0 Å². The lowest BCUT2D eigenvalue weighted by molar-refractivity contribution is -0.122. The Bertz CT molecular complexity index is 1020. The fraction of sp³-hybridized carbons (Fsp3) is 0.423. The zero-order chi connectivity index (χ0) is 23.9. The number of ether oxygens (including phenoxy) is 1. The van der Waals surface area contributed by atoms with Crippen molar-refractivity contribution in [3.8, 4) is 0 Å². The molecule has 0 bridgehead atoms. The second-order valence-electron chi connectivity index (χ2n) is 8.84. The molecule has 0 spiro atoms. The highest BCUT2D eigenvalue weighted by Crippen LogP contribution is 2.27. The maximum atomic E-state index is 13.0. The number of carbonyl (C=O) groups is 3. The zero-order valence-corrected chi connectivity index (χ0v) is 19.6. The zero-order valence-electron chi connectivity index (χ0n) is 19.6. The fourth-order valence-corrected chi connectivity index (χ4v) is 4.31. The van der Waals surface area contributed by atoms with Gasteiger partial charge in [-0.1, -0.05) is 29.8 Å². The van der Waals surface area contributed by atoms with Crippen molar-refractivity contribution in [2.75, 3.05) is 56.2 Å². The standard InChI is InChI=1S/C26H32N4O4/c1-19-7-9-21(10-8-19)30-18-20(17-24(30)31)25(32)28-23-6-3-2-5-22(23)26(33)27-11-4-12-29-13-15-34-16-14-29/h2-3,5-10,20H,4,11-18H2,1H3,(H,27,33)(H,28,32)/t20-/m1/s1. The first-order valence-electron chi connectivity index (χ1n) is 11.9. The van der Waals surface area contributed by atoms with Gasteiger partial charge < -0.3 is 20.3 Å². The molecule has 4 rings (SSSR count). The number of rotatable bonds is 8. The number of para-hydroxylation sites is 1. The van der Waals surface area contributed by atoms with E-state index in [1.165, 1.54) is 0 Å². The summed E-state index contributed by atoms with van der Waals surface area (Å²) in [5, 5.41) is 5.83. The van der Waals surface area contributed by atoms with Crippen LogP contribution in [0.1, 0.15) is 28.8 Å². The van der Waals surface area contributed by atoms with Crippen LogP contribution in [-0.2, 0) is 14.3 Å². The summed E-state index contributed by atoms with van der Waals surface area (Å²) in [6.07, 6.45) is 0.995. The number of hydrogen-bond donors (Lipinski definition) is 2.